The van der Waals surface area contributed by atoms with Crippen molar-refractivity contribution in [1.29, 1.82) is 0 Å². The van der Waals surface area contributed by atoms with E-state index in [4.69, 9.17) is 4.74 Å². The van der Waals surface area contributed by atoms with E-state index < -0.39 is 0 Å². The van der Waals surface area contributed by atoms with Gasteiger partial charge < -0.3 is 9.64 Å². The molecule has 1 aromatic heterocycles. The number of ether oxygens (including phenoxy) is 1. The molecule has 0 unspecified atom stereocenters. The van der Waals surface area contributed by atoms with Gasteiger partial charge in [-0.25, -0.2) is 0 Å². The van der Waals surface area contributed by atoms with Crippen molar-refractivity contribution in [3.8, 4) is 0 Å². The van der Waals surface area contributed by atoms with Crippen LogP contribution in [-0.2, 0) is 16.1 Å². The lowest BCUT2D eigenvalue weighted by Gasteiger charge is -2.36. The van der Waals surface area contributed by atoms with Crippen molar-refractivity contribution in [1.82, 2.24) is 14.7 Å². The molecule has 2 atom stereocenters. The van der Waals surface area contributed by atoms with Crippen molar-refractivity contribution in [3.63, 3.8) is 0 Å². The highest BCUT2D eigenvalue weighted by Gasteiger charge is 2.27. The van der Waals surface area contributed by atoms with Gasteiger partial charge in [-0.05, 0) is 44.6 Å². The summed E-state index contributed by atoms with van der Waals surface area (Å²) in [4.78, 5) is 14.6. The van der Waals surface area contributed by atoms with Crippen LogP contribution < -0.4 is 0 Å². The largest absolute Gasteiger partial charge is 0.378 e. The molecule has 5 nitrogen and oxygen atoms in total. The fourth-order valence-corrected chi connectivity index (χ4v) is 3.44. The zero-order valence-corrected chi connectivity index (χ0v) is 12.6. The number of hydrogen-bond donors (Lipinski definition) is 0. The van der Waals surface area contributed by atoms with Crippen LogP contribution in [0.5, 0.6) is 0 Å². The molecule has 2 saturated heterocycles. The maximum Gasteiger partial charge on any atom is 0.222 e. The van der Waals surface area contributed by atoms with E-state index in [1.807, 2.05) is 16.9 Å². The van der Waals surface area contributed by atoms with E-state index in [9.17, 15) is 4.79 Å². The second-order valence-electron chi connectivity index (χ2n) is 6.14. The van der Waals surface area contributed by atoms with E-state index in [1.54, 1.807) is 6.20 Å². The molecule has 2 fully saturated rings. The first-order chi connectivity index (χ1) is 10.3. The Morgan fingerprint density at radius 2 is 2.24 bits per heavy atom. The fraction of sp³-hybridized carbons (Fsp3) is 0.750. The molecule has 0 spiro atoms. The van der Waals surface area contributed by atoms with Gasteiger partial charge in [-0.3, -0.25) is 9.48 Å². The number of nitrogens with zero attached hydrogens (tertiary/aromatic N) is 3. The van der Waals surface area contributed by atoms with Crippen LogP contribution >= 0.6 is 0 Å². The van der Waals surface area contributed by atoms with Gasteiger partial charge in [0.2, 0.25) is 5.91 Å². The molecule has 5 heteroatoms. The summed E-state index contributed by atoms with van der Waals surface area (Å²) in [5.74, 6) is 0.294. The molecule has 0 saturated carbocycles. The van der Waals surface area contributed by atoms with Crippen LogP contribution in [0.25, 0.3) is 0 Å². The van der Waals surface area contributed by atoms with Gasteiger partial charge >= 0.3 is 0 Å². The molecule has 2 aliphatic heterocycles. The molecule has 0 bridgehead atoms. The Hall–Kier alpha value is -1.36. The number of carbonyl (C=O) groups excluding carboxylic acids is 1. The predicted octanol–water partition coefficient (Wildman–Crippen LogP) is 2.22. The quantitative estimate of drug-likeness (QED) is 0.836. The first-order valence-electron chi connectivity index (χ1n) is 8.21. The van der Waals surface area contributed by atoms with Crippen molar-refractivity contribution >= 4 is 5.91 Å². The molecule has 3 rings (SSSR count). The minimum absolute atomic E-state index is 0.294. The van der Waals surface area contributed by atoms with Gasteiger partial charge in [-0.15, -0.1) is 0 Å². The topological polar surface area (TPSA) is 47.4 Å². The van der Waals surface area contributed by atoms with E-state index in [1.165, 1.54) is 6.42 Å². The third kappa shape index (κ3) is 3.84. The highest BCUT2D eigenvalue weighted by atomic mass is 16.5. The lowest BCUT2D eigenvalue weighted by Crippen LogP contribution is -2.46. The van der Waals surface area contributed by atoms with Crippen LogP contribution in [0.2, 0.25) is 0 Å². The Labute approximate surface area is 126 Å². The minimum Gasteiger partial charge on any atom is -0.378 e. The minimum atomic E-state index is 0.294. The summed E-state index contributed by atoms with van der Waals surface area (Å²) in [5.41, 5.74) is 0. The number of aromatic nitrogens is 2. The highest BCUT2D eigenvalue weighted by molar-refractivity contribution is 5.76. The van der Waals surface area contributed by atoms with Crippen LogP contribution in [0.1, 0.15) is 44.9 Å². The summed E-state index contributed by atoms with van der Waals surface area (Å²) in [7, 11) is 0. The van der Waals surface area contributed by atoms with Gasteiger partial charge in [-0.1, -0.05) is 0 Å². The number of hydrogen-bond acceptors (Lipinski definition) is 3. The summed E-state index contributed by atoms with van der Waals surface area (Å²) >= 11 is 0. The molecule has 1 aromatic rings. The van der Waals surface area contributed by atoms with Crippen LogP contribution in [0.3, 0.4) is 0 Å². The maximum atomic E-state index is 12.5. The van der Waals surface area contributed by atoms with Crippen molar-refractivity contribution < 1.29 is 9.53 Å². The van der Waals surface area contributed by atoms with Gasteiger partial charge in [0.15, 0.2) is 0 Å². The highest BCUT2D eigenvalue weighted by Crippen LogP contribution is 2.22. The predicted molar refractivity (Wildman–Crippen MR) is 79.8 cm³/mol. The van der Waals surface area contributed by atoms with Gasteiger partial charge in [-0.2, -0.15) is 5.10 Å². The van der Waals surface area contributed by atoms with Crippen LogP contribution in [0.15, 0.2) is 18.5 Å². The van der Waals surface area contributed by atoms with Gasteiger partial charge in [0, 0.05) is 32.0 Å². The van der Waals surface area contributed by atoms with Crippen LogP contribution in [-0.4, -0.2) is 45.9 Å². The summed E-state index contributed by atoms with van der Waals surface area (Å²) < 4.78 is 7.56. The number of rotatable bonds is 5. The van der Waals surface area contributed by atoms with E-state index in [0.717, 1.165) is 51.8 Å². The first-order valence-corrected chi connectivity index (χ1v) is 8.21. The first kappa shape index (κ1) is 14.6. The fourth-order valence-electron chi connectivity index (χ4n) is 3.44. The average Bonchev–Trinajstić information content (AvgIpc) is 3.18. The molecule has 2 aliphatic rings. The molecular formula is C16H25N3O2. The number of amides is 1. The summed E-state index contributed by atoms with van der Waals surface area (Å²) in [5, 5.41) is 4.27. The monoisotopic (exact) mass is 291 g/mol. The standard InChI is InChI=1S/C16H25N3O2/c20-16(8-7-15-6-3-12-21-15)19-11-2-1-5-14(19)13-18-10-4-9-17-18/h4,9-10,14-15H,1-3,5-8,11-13H2/t14-,15-/m0/s1. The molecule has 0 radical (unpaired) electrons. The average molecular weight is 291 g/mol. The van der Waals surface area contributed by atoms with Crippen molar-refractivity contribution in [2.75, 3.05) is 13.2 Å². The Kier molecular flexibility index (Phi) is 4.91. The Balaban J connectivity index is 1.53. The van der Waals surface area contributed by atoms with Gasteiger partial charge in [0.25, 0.3) is 0 Å². The Bertz CT molecular complexity index is 440. The Morgan fingerprint density at radius 3 is 3.00 bits per heavy atom. The van der Waals surface area contributed by atoms with Crippen molar-refractivity contribution in [2.24, 2.45) is 0 Å². The number of likely N-dealkylation sites (tertiary alicyclic amines) is 1. The smallest absolute Gasteiger partial charge is 0.222 e. The molecule has 0 aliphatic carbocycles. The second kappa shape index (κ2) is 7.07. The normalized spacial score (nSPS) is 26.2. The molecule has 21 heavy (non-hydrogen) atoms. The lowest BCUT2D eigenvalue weighted by molar-refractivity contribution is -0.135. The molecule has 0 N–H and O–H groups in total. The maximum absolute atomic E-state index is 12.5. The van der Waals surface area contributed by atoms with E-state index in [-0.39, 0.29) is 0 Å². The third-order valence-corrected chi connectivity index (χ3v) is 4.61. The summed E-state index contributed by atoms with van der Waals surface area (Å²) in [6, 6.07) is 2.24. The Morgan fingerprint density at radius 1 is 1.29 bits per heavy atom. The van der Waals surface area contributed by atoms with Crippen LogP contribution in [0.4, 0.5) is 0 Å². The zero-order chi connectivity index (χ0) is 14.5. The third-order valence-electron chi connectivity index (χ3n) is 4.61. The van der Waals surface area contributed by atoms with Crippen LogP contribution in [0, 0.1) is 0 Å². The molecule has 1 amide bonds. The van der Waals surface area contributed by atoms with E-state index in [0.29, 0.717) is 24.5 Å². The second-order valence-corrected chi connectivity index (χ2v) is 6.14. The summed E-state index contributed by atoms with van der Waals surface area (Å²) in [6.07, 6.45) is 11.3. The van der Waals surface area contributed by atoms with E-state index in [2.05, 4.69) is 10.00 Å². The van der Waals surface area contributed by atoms with Crippen molar-refractivity contribution in [3.05, 3.63) is 18.5 Å². The molecule has 0 aromatic carbocycles. The lowest BCUT2D eigenvalue weighted by atomic mass is 10.0. The number of carbonyl (C=O) groups is 1. The van der Waals surface area contributed by atoms with Gasteiger partial charge in [0.1, 0.15) is 0 Å². The SMILES string of the molecule is O=C(CC[C@@H]1CCCO1)N1CCCC[C@H]1Cn1cccn1. The summed E-state index contributed by atoms with van der Waals surface area (Å²) in [6.45, 7) is 2.58. The zero-order valence-electron chi connectivity index (χ0n) is 12.6. The molecular weight excluding hydrogens is 266 g/mol. The molecule has 3 heterocycles. The van der Waals surface area contributed by atoms with Gasteiger partial charge in [0.05, 0.1) is 18.7 Å². The van der Waals surface area contributed by atoms with Crippen molar-refractivity contribution in [2.45, 2.75) is 63.6 Å². The molecule has 116 valence electrons. The number of piperidine rings is 1. The van der Waals surface area contributed by atoms with E-state index >= 15 is 0 Å².